The van der Waals surface area contributed by atoms with Crippen molar-refractivity contribution >= 4 is 41.7 Å². The van der Waals surface area contributed by atoms with Crippen LogP contribution in [0.25, 0.3) is 0 Å². The van der Waals surface area contributed by atoms with Crippen LogP contribution in [0.15, 0.2) is 4.99 Å². The molecule has 1 rings (SSSR count). The molecule has 1 saturated heterocycles. The molecule has 4 nitrogen and oxygen atoms in total. The zero-order valence-corrected chi connectivity index (χ0v) is 17.3. The quantitative estimate of drug-likeness (QED) is 0.382. The van der Waals surface area contributed by atoms with E-state index in [1.165, 1.54) is 11.8 Å². The molecule has 0 aliphatic carbocycles. The molecule has 0 aromatic heterocycles. The Labute approximate surface area is 158 Å². The first-order chi connectivity index (χ1) is 10.3. The van der Waals surface area contributed by atoms with Crippen LogP contribution in [-0.2, 0) is 0 Å². The summed E-state index contributed by atoms with van der Waals surface area (Å²) < 4.78 is 38.3. The summed E-state index contributed by atoms with van der Waals surface area (Å²) in [5.74, 6) is 0.808. The average molecular weight is 468 g/mol. The lowest BCUT2D eigenvalue weighted by atomic mass is 10.2. The molecule has 0 spiro atoms. The molecule has 9 heteroatoms. The van der Waals surface area contributed by atoms with Crippen LogP contribution in [0.1, 0.15) is 20.8 Å². The summed E-state index contributed by atoms with van der Waals surface area (Å²) in [6, 6.07) is -1.38. The van der Waals surface area contributed by atoms with Gasteiger partial charge < -0.3 is 10.2 Å². The van der Waals surface area contributed by atoms with Crippen LogP contribution < -0.4 is 5.32 Å². The number of alkyl halides is 3. The van der Waals surface area contributed by atoms with E-state index in [4.69, 9.17) is 0 Å². The molecule has 2 unspecified atom stereocenters. The number of hydrogen-bond donors (Lipinski definition) is 1. The van der Waals surface area contributed by atoms with Crippen LogP contribution in [0.4, 0.5) is 13.2 Å². The molecule has 1 aliphatic heterocycles. The fourth-order valence-electron chi connectivity index (χ4n) is 2.24. The molecule has 1 fully saturated rings. The molecular weight excluding hydrogens is 440 g/mol. The van der Waals surface area contributed by atoms with Crippen LogP contribution in [-0.4, -0.2) is 78.8 Å². The van der Waals surface area contributed by atoms with Gasteiger partial charge in [-0.3, -0.25) is 9.89 Å². The highest BCUT2D eigenvalue weighted by Gasteiger charge is 2.41. The van der Waals surface area contributed by atoms with Crippen LogP contribution in [0.3, 0.4) is 0 Å². The lowest BCUT2D eigenvalue weighted by Crippen LogP contribution is -2.56. The Morgan fingerprint density at radius 1 is 1.22 bits per heavy atom. The number of aliphatic imine (C=N–C) groups is 1. The second kappa shape index (κ2) is 10.9. The van der Waals surface area contributed by atoms with Gasteiger partial charge in [0.1, 0.15) is 6.04 Å². The van der Waals surface area contributed by atoms with Crippen LogP contribution in [0.2, 0.25) is 0 Å². The van der Waals surface area contributed by atoms with Crippen molar-refractivity contribution in [2.45, 2.75) is 38.2 Å². The van der Waals surface area contributed by atoms with Gasteiger partial charge in [0.2, 0.25) is 0 Å². The standard InChI is InChI=1S/C14H27F3N4S.HI/c1-5-18-13(19-10-11(2)22-4)21-8-6-20(7-9-21)12(3)14(15,16)17;/h11-12H,5-10H2,1-4H3,(H,18,19);1H. The number of halogens is 4. The lowest BCUT2D eigenvalue weighted by molar-refractivity contribution is -0.181. The molecule has 2 atom stereocenters. The Kier molecular flexibility index (Phi) is 10.9. The van der Waals surface area contributed by atoms with Gasteiger partial charge in [-0.15, -0.1) is 24.0 Å². The maximum absolute atomic E-state index is 12.8. The second-order valence-corrected chi connectivity index (χ2v) is 6.76. The van der Waals surface area contributed by atoms with Crippen LogP contribution in [0.5, 0.6) is 0 Å². The third kappa shape index (κ3) is 7.68. The third-order valence-electron chi connectivity index (χ3n) is 3.87. The minimum absolute atomic E-state index is 0. The van der Waals surface area contributed by atoms with E-state index in [1.54, 1.807) is 11.8 Å². The van der Waals surface area contributed by atoms with E-state index in [0.29, 0.717) is 38.0 Å². The number of rotatable bonds is 5. The van der Waals surface area contributed by atoms with Gasteiger partial charge in [0, 0.05) is 38.0 Å². The van der Waals surface area contributed by atoms with Gasteiger partial charge in [0.05, 0.1) is 6.54 Å². The smallest absolute Gasteiger partial charge is 0.357 e. The highest BCUT2D eigenvalue weighted by molar-refractivity contribution is 14.0. The predicted octanol–water partition coefficient (Wildman–Crippen LogP) is 2.89. The number of nitrogens with one attached hydrogen (secondary N) is 1. The van der Waals surface area contributed by atoms with Gasteiger partial charge in [0.15, 0.2) is 5.96 Å². The Balaban J connectivity index is 0.00000484. The zero-order chi connectivity index (χ0) is 16.8. The summed E-state index contributed by atoms with van der Waals surface area (Å²) in [5.41, 5.74) is 0. The van der Waals surface area contributed by atoms with E-state index in [1.807, 2.05) is 13.2 Å². The lowest BCUT2D eigenvalue weighted by Gasteiger charge is -2.39. The van der Waals surface area contributed by atoms with Crippen LogP contribution >= 0.6 is 35.7 Å². The van der Waals surface area contributed by atoms with E-state index >= 15 is 0 Å². The molecule has 138 valence electrons. The molecule has 23 heavy (non-hydrogen) atoms. The average Bonchev–Trinajstić information content (AvgIpc) is 2.49. The SMILES string of the molecule is CCNC(=NCC(C)SC)N1CCN(C(C)C(F)(F)F)CC1.I. The largest absolute Gasteiger partial charge is 0.403 e. The molecule has 1 heterocycles. The Morgan fingerprint density at radius 2 is 1.78 bits per heavy atom. The highest BCUT2D eigenvalue weighted by Crippen LogP contribution is 2.25. The van der Waals surface area contributed by atoms with Crippen molar-refractivity contribution in [3.8, 4) is 0 Å². The first kappa shape index (κ1) is 23.1. The molecule has 0 aromatic carbocycles. The normalized spacial score (nSPS) is 20.0. The van der Waals surface area contributed by atoms with E-state index in [9.17, 15) is 13.2 Å². The molecule has 1 aliphatic rings. The summed E-state index contributed by atoms with van der Waals surface area (Å²) in [5, 5.41) is 3.66. The van der Waals surface area contributed by atoms with Gasteiger partial charge in [-0.2, -0.15) is 24.9 Å². The monoisotopic (exact) mass is 468 g/mol. The molecule has 0 bridgehead atoms. The molecular formula is C14H28F3IN4S. The fraction of sp³-hybridized carbons (Fsp3) is 0.929. The molecule has 0 radical (unpaired) electrons. The van der Waals surface area contributed by atoms with Gasteiger partial charge in [-0.05, 0) is 20.1 Å². The highest BCUT2D eigenvalue weighted by atomic mass is 127. The van der Waals surface area contributed by atoms with E-state index in [0.717, 1.165) is 12.5 Å². The van der Waals surface area contributed by atoms with Crippen molar-refractivity contribution in [3.05, 3.63) is 0 Å². The minimum Gasteiger partial charge on any atom is -0.357 e. The number of hydrogen-bond acceptors (Lipinski definition) is 3. The van der Waals surface area contributed by atoms with E-state index < -0.39 is 12.2 Å². The third-order valence-corrected chi connectivity index (χ3v) is 4.82. The number of thioether (sulfide) groups is 1. The fourth-order valence-corrected chi connectivity index (χ4v) is 2.47. The summed E-state index contributed by atoms with van der Waals surface area (Å²) in [7, 11) is 0. The van der Waals surface area contributed by atoms with Crippen LogP contribution in [0, 0.1) is 0 Å². The predicted molar refractivity (Wildman–Crippen MR) is 103 cm³/mol. The summed E-state index contributed by atoms with van der Waals surface area (Å²) in [6.07, 6.45) is -2.11. The number of nitrogens with zero attached hydrogens (tertiary/aromatic N) is 3. The van der Waals surface area contributed by atoms with Gasteiger partial charge >= 0.3 is 6.18 Å². The Bertz CT molecular complexity index is 360. The summed E-state index contributed by atoms with van der Waals surface area (Å²) in [6.45, 7) is 8.76. The topological polar surface area (TPSA) is 30.9 Å². The number of guanidine groups is 1. The van der Waals surface area contributed by atoms with Gasteiger partial charge in [0.25, 0.3) is 0 Å². The Hall–Kier alpha value is 0.1000. The maximum Gasteiger partial charge on any atom is 0.403 e. The van der Waals surface area contributed by atoms with E-state index in [-0.39, 0.29) is 24.0 Å². The first-order valence-electron chi connectivity index (χ1n) is 7.66. The molecule has 1 N–H and O–H groups in total. The van der Waals surface area contributed by atoms with Crippen molar-refractivity contribution in [3.63, 3.8) is 0 Å². The van der Waals surface area contributed by atoms with Crippen molar-refractivity contribution < 1.29 is 13.2 Å². The number of piperazine rings is 1. The van der Waals surface area contributed by atoms with Crippen molar-refractivity contribution in [2.24, 2.45) is 4.99 Å². The summed E-state index contributed by atoms with van der Waals surface area (Å²) in [4.78, 5) is 8.14. The minimum atomic E-state index is -4.16. The zero-order valence-electron chi connectivity index (χ0n) is 14.2. The van der Waals surface area contributed by atoms with Gasteiger partial charge in [-0.25, -0.2) is 0 Å². The van der Waals surface area contributed by atoms with E-state index in [2.05, 4.69) is 22.1 Å². The molecule has 0 aromatic rings. The second-order valence-electron chi connectivity index (χ2n) is 5.48. The molecule has 0 saturated carbocycles. The Morgan fingerprint density at radius 3 is 2.22 bits per heavy atom. The summed E-state index contributed by atoms with van der Waals surface area (Å²) >= 11 is 1.75. The van der Waals surface area contributed by atoms with Gasteiger partial charge in [-0.1, -0.05) is 6.92 Å². The maximum atomic E-state index is 12.8. The molecule has 0 amide bonds. The first-order valence-corrected chi connectivity index (χ1v) is 8.95. The van der Waals surface area contributed by atoms with Crippen molar-refractivity contribution in [1.29, 1.82) is 0 Å². The van der Waals surface area contributed by atoms with Crippen molar-refractivity contribution in [2.75, 3.05) is 45.5 Å². The van der Waals surface area contributed by atoms with Crippen molar-refractivity contribution in [1.82, 2.24) is 15.1 Å².